The highest BCUT2D eigenvalue weighted by molar-refractivity contribution is 7.10. The first-order chi connectivity index (χ1) is 8.11. The highest BCUT2D eigenvalue weighted by Gasteiger charge is 2.28. The van der Waals surface area contributed by atoms with Gasteiger partial charge in [-0.05, 0) is 50.1 Å². The molecule has 1 fully saturated rings. The predicted molar refractivity (Wildman–Crippen MR) is 73.6 cm³/mol. The normalized spacial score (nSPS) is 23.8. The van der Waals surface area contributed by atoms with Gasteiger partial charge in [-0.15, -0.1) is 11.3 Å². The van der Waals surface area contributed by atoms with Gasteiger partial charge in [0.25, 0.3) is 0 Å². The van der Waals surface area contributed by atoms with Crippen molar-refractivity contribution in [1.29, 1.82) is 0 Å². The zero-order chi connectivity index (χ0) is 12.3. The highest BCUT2D eigenvalue weighted by Crippen LogP contribution is 2.25. The third kappa shape index (κ3) is 3.54. The Morgan fingerprint density at radius 2 is 2.35 bits per heavy atom. The molecule has 0 radical (unpaired) electrons. The van der Waals surface area contributed by atoms with Crippen LogP contribution in [-0.2, 0) is 17.7 Å². The van der Waals surface area contributed by atoms with Gasteiger partial charge < -0.3 is 10.1 Å². The van der Waals surface area contributed by atoms with E-state index >= 15 is 0 Å². The monoisotopic (exact) mass is 253 g/mol. The summed E-state index contributed by atoms with van der Waals surface area (Å²) in [4.78, 5) is 1.50. The van der Waals surface area contributed by atoms with Crippen LogP contribution in [0.1, 0.15) is 44.1 Å². The molecule has 1 N–H and O–H groups in total. The third-order valence-corrected chi connectivity index (χ3v) is 4.43. The van der Waals surface area contributed by atoms with E-state index in [0.29, 0.717) is 6.04 Å². The maximum Gasteiger partial charge on any atom is 0.0641 e. The van der Waals surface area contributed by atoms with Crippen LogP contribution < -0.4 is 5.32 Å². The Labute approximate surface area is 108 Å². The second-order valence-electron chi connectivity index (χ2n) is 5.40. The van der Waals surface area contributed by atoms with Crippen molar-refractivity contribution in [2.75, 3.05) is 6.61 Å². The molecule has 1 aliphatic heterocycles. The van der Waals surface area contributed by atoms with Gasteiger partial charge in [-0.3, -0.25) is 0 Å². The topological polar surface area (TPSA) is 21.3 Å². The van der Waals surface area contributed by atoms with Gasteiger partial charge in [0.05, 0.1) is 5.60 Å². The van der Waals surface area contributed by atoms with Gasteiger partial charge in [-0.25, -0.2) is 0 Å². The number of ether oxygens (including phenoxy) is 1. The minimum Gasteiger partial charge on any atom is -0.375 e. The van der Waals surface area contributed by atoms with Crippen molar-refractivity contribution >= 4 is 11.3 Å². The second-order valence-corrected chi connectivity index (χ2v) is 6.40. The molecule has 96 valence electrons. The van der Waals surface area contributed by atoms with Crippen molar-refractivity contribution in [1.82, 2.24) is 5.32 Å². The molecule has 1 aromatic heterocycles. The Hall–Kier alpha value is -0.380. The van der Waals surface area contributed by atoms with Gasteiger partial charge in [0.2, 0.25) is 0 Å². The van der Waals surface area contributed by atoms with Gasteiger partial charge >= 0.3 is 0 Å². The first kappa shape index (κ1) is 13.1. The molecule has 2 rings (SSSR count). The van der Waals surface area contributed by atoms with E-state index in [1.807, 2.05) is 11.3 Å². The first-order valence-electron chi connectivity index (χ1n) is 6.53. The largest absolute Gasteiger partial charge is 0.375 e. The minimum absolute atomic E-state index is 0.0406. The van der Waals surface area contributed by atoms with Crippen LogP contribution in [0.15, 0.2) is 11.4 Å². The van der Waals surface area contributed by atoms with E-state index in [-0.39, 0.29) is 5.60 Å². The van der Waals surface area contributed by atoms with Crippen molar-refractivity contribution in [2.45, 2.75) is 58.2 Å². The average molecular weight is 253 g/mol. The third-order valence-electron chi connectivity index (χ3n) is 3.47. The number of aryl methyl sites for hydroxylation is 1. The van der Waals surface area contributed by atoms with Crippen LogP contribution in [0.3, 0.4) is 0 Å². The molecular weight excluding hydrogens is 230 g/mol. The van der Waals surface area contributed by atoms with Crippen molar-refractivity contribution in [3.8, 4) is 0 Å². The van der Waals surface area contributed by atoms with E-state index in [2.05, 4.69) is 37.5 Å². The smallest absolute Gasteiger partial charge is 0.0641 e. The Bertz CT molecular complexity index is 359. The standard InChI is InChI=1S/C14H23NOS/c1-4-11-6-8-17-13(11)10-15-12-5-7-16-14(2,3)9-12/h6,8,12,15H,4-5,7,9-10H2,1-3H3. The number of hydrogen-bond acceptors (Lipinski definition) is 3. The molecular formula is C14H23NOS. The summed E-state index contributed by atoms with van der Waals surface area (Å²) in [6, 6.07) is 2.85. The maximum atomic E-state index is 5.74. The molecule has 0 amide bonds. The molecule has 3 heteroatoms. The fourth-order valence-electron chi connectivity index (χ4n) is 2.48. The molecule has 0 aliphatic carbocycles. The van der Waals surface area contributed by atoms with E-state index in [9.17, 15) is 0 Å². The zero-order valence-corrected chi connectivity index (χ0v) is 11.9. The summed E-state index contributed by atoms with van der Waals surface area (Å²) in [7, 11) is 0. The molecule has 17 heavy (non-hydrogen) atoms. The summed E-state index contributed by atoms with van der Waals surface area (Å²) in [6.07, 6.45) is 3.38. The summed E-state index contributed by atoms with van der Waals surface area (Å²) in [5, 5.41) is 5.88. The summed E-state index contributed by atoms with van der Waals surface area (Å²) in [5.74, 6) is 0. The van der Waals surface area contributed by atoms with Gasteiger partial charge in [0, 0.05) is 24.1 Å². The number of nitrogens with one attached hydrogen (secondary N) is 1. The lowest BCUT2D eigenvalue weighted by Crippen LogP contribution is -2.43. The van der Waals surface area contributed by atoms with Gasteiger partial charge in [-0.1, -0.05) is 6.92 Å². The van der Waals surface area contributed by atoms with E-state index in [1.165, 1.54) is 10.4 Å². The molecule has 2 heterocycles. The Kier molecular flexibility index (Phi) is 4.23. The average Bonchev–Trinajstić information content (AvgIpc) is 2.72. The SMILES string of the molecule is CCc1ccsc1CNC1CCOC(C)(C)C1. The Morgan fingerprint density at radius 3 is 3.06 bits per heavy atom. The maximum absolute atomic E-state index is 5.74. The molecule has 1 unspecified atom stereocenters. The Morgan fingerprint density at radius 1 is 1.53 bits per heavy atom. The minimum atomic E-state index is 0.0406. The van der Waals surface area contributed by atoms with Crippen LogP contribution in [0.25, 0.3) is 0 Å². The molecule has 0 spiro atoms. The lowest BCUT2D eigenvalue weighted by atomic mass is 9.94. The lowest BCUT2D eigenvalue weighted by Gasteiger charge is -2.36. The number of hydrogen-bond donors (Lipinski definition) is 1. The number of thiophene rings is 1. The van der Waals surface area contributed by atoms with Crippen molar-refractivity contribution < 1.29 is 4.74 Å². The fourth-order valence-corrected chi connectivity index (χ4v) is 3.41. The van der Waals surface area contributed by atoms with Gasteiger partial charge in [-0.2, -0.15) is 0 Å². The predicted octanol–water partition coefficient (Wildman–Crippen LogP) is 3.36. The molecule has 1 atom stereocenters. The lowest BCUT2D eigenvalue weighted by molar-refractivity contribution is -0.0630. The summed E-state index contributed by atoms with van der Waals surface area (Å²) in [5.41, 5.74) is 1.53. The highest BCUT2D eigenvalue weighted by atomic mass is 32.1. The molecule has 1 aliphatic rings. The van der Waals surface area contributed by atoms with Crippen LogP contribution in [0, 0.1) is 0 Å². The van der Waals surface area contributed by atoms with E-state index < -0.39 is 0 Å². The van der Waals surface area contributed by atoms with Crippen molar-refractivity contribution in [3.63, 3.8) is 0 Å². The van der Waals surface area contributed by atoms with Crippen molar-refractivity contribution in [3.05, 3.63) is 21.9 Å². The second kappa shape index (κ2) is 5.51. The first-order valence-corrected chi connectivity index (χ1v) is 7.41. The number of rotatable bonds is 4. The van der Waals surface area contributed by atoms with E-state index in [0.717, 1.165) is 32.4 Å². The zero-order valence-electron chi connectivity index (χ0n) is 11.1. The Balaban J connectivity index is 1.86. The molecule has 1 saturated heterocycles. The molecule has 0 bridgehead atoms. The van der Waals surface area contributed by atoms with E-state index in [1.54, 1.807) is 0 Å². The van der Waals surface area contributed by atoms with E-state index in [4.69, 9.17) is 4.74 Å². The van der Waals surface area contributed by atoms with Gasteiger partial charge in [0.1, 0.15) is 0 Å². The summed E-state index contributed by atoms with van der Waals surface area (Å²) < 4.78 is 5.74. The van der Waals surface area contributed by atoms with Crippen LogP contribution in [0.5, 0.6) is 0 Å². The summed E-state index contributed by atoms with van der Waals surface area (Å²) >= 11 is 1.87. The molecule has 0 saturated carbocycles. The fraction of sp³-hybridized carbons (Fsp3) is 0.714. The molecule has 1 aromatic rings. The van der Waals surface area contributed by atoms with Crippen LogP contribution in [0.4, 0.5) is 0 Å². The van der Waals surface area contributed by atoms with Crippen LogP contribution in [0.2, 0.25) is 0 Å². The van der Waals surface area contributed by atoms with Crippen molar-refractivity contribution in [2.24, 2.45) is 0 Å². The quantitative estimate of drug-likeness (QED) is 0.888. The van der Waals surface area contributed by atoms with Crippen LogP contribution in [-0.4, -0.2) is 18.2 Å². The van der Waals surface area contributed by atoms with Crippen LogP contribution >= 0.6 is 11.3 Å². The van der Waals surface area contributed by atoms with Gasteiger partial charge in [0.15, 0.2) is 0 Å². The summed E-state index contributed by atoms with van der Waals surface area (Å²) in [6.45, 7) is 8.49. The molecule has 0 aromatic carbocycles. The molecule has 2 nitrogen and oxygen atoms in total.